The summed E-state index contributed by atoms with van der Waals surface area (Å²) >= 11 is 0. The fraction of sp³-hybridized carbons (Fsp3) is 0.400. The lowest BCUT2D eigenvalue weighted by Gasteiger charge is -2.25. The average molecular weight is 258 g/mol. The molecule has 1 aliphatic heterocycles. The van der Waals surface area contributed by atoms with Crippen LogP contribution in [-0.2, 0) is 11.3 Å². The molecule has 0 saturated carbocycles. The number of hydrogen-bond acceptors (Lipinski definition) is 4. The van der Waals surface area contributed by atoms with Crippen LogP contribution in [0.4, 0.5) is 0 Å². The van der Waals surface area contributed by atoms with Crippen molar-refractivity contribution in [3.05, 3.63) is 36.0 Å². The summed E-state index contributed by atoms with van der Waals surface area (Å²) in [7, 11) is 0. The number of para-hydroxylation sites is 1. The average Bonchev–Trinajstić information content (AvgIpc) is 2.49. The Morgan fingerprint density at radius 3 is 2.84 bits per heavy atom. The monoisotopic (exact) mass is 258 g/mol. The van der Waals surface area contributed by atoms with Gasteiger partial charge in [0, 0.05) is 36.5 Å². The van der Waals surface area contributed by atoms with Crippen LogP contribution >= 0.6 is 0 Å². The molecule has 0 spiro atoms. The molecule has 0 radical (unpaired) electrons. The molecule has 0 aliphatic carbocycles. The van der Waals surface area contributed by atoms with Gasteiger partial charge in [-0.1, -0.05) is 12.1 Å². The van der Waals surface area contributed by atoms with Gasteiger partial charge in [-0.3, -0.25) is 4.98 Å². The van der Waals surface area contributed by atoms with E-state index in [0.717, 1.165) is 48.3 Å². The summed E-state index contributed by atoms with van der Waals surface area (Å²) in [5.41, 5.74) is 7.71. The van der Waals surface area contributed by atoms with Crippen LogP contribution in [0.25, 0.3) is 10.9 Å². The summed E-state index contributed by atoms with van der Waals surface area (Å²) in [4.78, 5) is 4.42. The van der Waals surface area contributed by atoms with E-state index in [1.54, 1.807) is 0 Å². The first-order valence-corrected chi connectivity index (χ1v) is 6.69. The van der Waals surface area contributed by atoms with E-state index in [2.05, 4.69) is 4.98 Å². The molecule has 2 heterocycles. The highest BCUT2D eigenvalue weighted by Crippen LogP contribution is 2.30. The van der Waals surface area contributed by atoms with Crippen LogP contribution in [0.3, 0.4) is 0 Å². The number of fused-ring (bicyclic) bond motifs is 1. The van der Waals surface area contributed by atoms with Gasteiger partial charge in [-0.15, -0.1) is 0 Å². The van der Waals surface area contributed by atoms with E-state index in [-0.39, 0.29) is 6.10 Å². The first-order chi connectivity index (χ1) is 9.38. The van der Waals surface area contributed by atoms with Gasteiger partial charge in [0.25, 0.3) is 0 Å². The number of benzene rings is 1. The molecule has 1 aliphatic rings. The molecule has 0 bridgehead atoms. The van der Waals surface area contributed by atoms with Gasteiger partial charge in [0.15, 0.2) is 0 Å². The maximum absolute atomic E-state index is 6.19. The van der Waals surface area contributed by atoms with Crippen molar-refractivity contribution in [2.24, 2.45) is 5.73 Å². The number of rotatable bonds is 3. The highest BCUT2D eigenvalue weighted by Gasteiger charge is 2.18. The zero-order valence-electron chi connectivity index (χ0n) is 10.8. The van der Waals surface area contributed by atoms with Gasteiger partial charge in [0.05, 0.1) is 18.7 Å². The molecule has 0 amide bonds. The molecule has 2 aromatic rings. The molecular weight excluding hydrogens is 240 g/mol. The van der Waals surface area contributed by atoms with E-state index in [1.807, 2.05) is 30.5 Å². The minimum Gasteiger partial charge on any atom is -0.489 e. The van der Waals surface area contributed by atoms with Crippen molar-refractivity contribution in [1.29, 1.82) is 0 Å². The number of hydrogen-bond donors (Lipinski definition) is 1. The van der Waals surface area contributed by atoms with Gasteiger partial charge in [-0.05, 0) is 12.1 Å². The molecule has 1 fully saturated rings. The Morgan fingerprint density at radius 1 is 1.26 bits per heavy atom. The predicted octanol–water partition coefficient (Wildman–Crippen LogP) is 2.25. The standard InChI is InChI=1S/C15H18N2O2/c16-9-11-10-17-14-4-2-1-3-13(14)15(11)19-12-5-7-18-8-6-12/h1-4,10,12H,5-9,16H2. The zero-order valence-corrected chi connectivity index (χ0v) is 10.8. The Kier molecular flexibility index (Phi) is 3.62. The summed E-state index contributed by atoms with van der Waals surface area (Å²) < 4.78 is 11.6. The number of pyridine rings is 1. The second-order valence-electron chi connectivity index (χ2n) is 4.76. The van der Waals surface area contributed by atoms with Crippen LogP contribution in [0.2, 0.25) is 0 Å². The van der Waals surface area contributed by atoms with E-state index in [1.165, 1.54) is 0 Å². The van der Waals surface area contributed by atoms with Crippen LogP contribution < -0.4 is 10.5 Å². The van der Waals surface area contributed by atoms with Crippen molar-refractivity contribution in [2.45, 2.75) is 25.5 Å². The van der Waals surface area contributed by atoms with Gasteiger partial charge >= 0.3 is 0 Å². The third-order valence-corrected chi connectivity index (χ3v) is 3.47. The summed E-state index contributed by atoms with van der Waals surface area (Å²) in [6.45, 7) is 1.98. The SMILES string of the molecule is NCc1cnc2ccccc2c1OC1CCOCC1. The first kappa shape index (κ1) is 12.4. The van der Waals surface area contributed by atoms with Crippen molar-refractivity contribution in [1.82, 2.24) is 4.98 Å². The largest absolute Gasteiger partial charge is 0.489 e. The minimum atomic E-state index is 0.213. The van der Waals surface area contributed by atoms with E-state index in [4.69, 9.17) is 15.2 Å². The molecule has 4 heteroatoms. The summed E-state index contributed by atoms with van der Waals surface area (Å²) in [5, 5.41) is 1.04. The summed E-state index contributed by atoms with van der Waals surface area (Å²) in [6.07, 6.45) is 3.89. The second-order valence-corrected chi connectivity index (χ2v) is 4.76. The highest BCUT2D eigenvalue weighted by molar-refractivity contribution is 5.86. The van der Waals surface area contributed by atoms with E-state index >= 15 is 0 Å². The van der Waals surface area contributed by atoms with Crippen LogP contribution in [0.5, 0.6) is 5.75 Å². The Labute approximate surface area is 112 Å². The zero-order chi connectivity index (χ0) is 13.1. The predicted molar refractivity (Wildman–Crippen MR) is 74.1 cm³/mol. The maximum Gasteiger partial charge on any atom is 0.135 e. The summed E-state index contributed by atoms with van der Waals surface area (Å²) in [5.74, 6) is 0.889. The topological polar surface area (TPSA) is 57.4 Å². The smallest absolute Gasteiger partial charge is 0.135 e. The van der Waals surface area contributed by atoms with Gasteiger partial charge in [-0.25, -0.2) is 0 Å². The molecule has 4 nitrogen and oxygen atoms in total. The van der Waals surface area contributed by atoms with Gasteiger partial charge in [0.2, 0.25) is 0 Å². The lowest BCUT2D eigenvalue weighted by Crippen LogP contribution is -2.26. The first-order valence-electron chi connectivity index (χ1n) is 6.69. The number of nitrogens with two attached hydrogens (primary N) is 1. The fourth-order valence-corrected chi connectivity index (χ4v) is 2.40. The number of ether oxygens (including phenoxy) is 2. The second kappa shape index (κ2) is 5.55. The van der Waals surface area contributed by atoms with Crippen molar-refractivity contribution in [3.63, 3.8) is 0 Å². The molecule has 1 aromatic carbocycles. The third-order valence-electron chi connectivity index (χ3n) is 3.47. The molecule has 1 aromatic heterocycles. The fourth-order valence-electron chi connectivity index (χ4n) is 2.40. The molecule has 0 atom stereocenters. The molecule has 19 heavy (non-hydrogen) atoms. The Hall–Kier alpha value is -1.65. The molecule has 0 unspecified atom stereocenters. The van der Waals surface area contributed by atoms with Crippen molar-refractivity contribution in [3.8, 4) is 5.75 Å². The molecule has 100 valence electrons. The third kappa shape index (κ3) is 2.55. The number of aromatic nitrogens is 1. The van der Waals surface area contributed by atoms with E-state index in [9.17, 15) is 0 Å². The van der Waals surface area contributed by atoms with Crippen LogP contribution in [0, 0.1) is 0 Å². The van der Waals surface area contributed by atoms with Crippen molar-refractivity contribution >= 4 is 10.9 Å². The molecule has 2 N–H and O–H groups in total. The van der Waals surface area contributed by atoms with E-state index < -0.39 is 0 Å². The van der Waals surface area contributed by atoms with Crippen LogP contribution in [-0.4, -0.2) is 24.3 Å². The normalized spacial score (nSPS) is 16.7. The Morgan fingerprint density at radius 2 is 2.05 bits per heavy atom. The minimum absolute atomic E-state index is 0.213. The van der Waals surface area contributed by atoms with Crippen LogP contribution in [0.1, 0.15) is 18.4 Å². The maximum atomic E-state index is 6.19. The summed E-state index contributed by atoms with van der Waals surface area (Å²) in [6, 6.07) is 8.01. The molecule has 3 rings (SSSR count). The van der Waals surface area contributed by atoms with Crippen LogP contribution in [0.15, 0.2) is 30.5 Å². The van der Waals surface area contributed by atoms with Gasteiger partial charge < -0.3 is 15.2 Å². The molecule has 1 saturated heterocycles. The highest BCUT2D eigenvalue weighted by atomic mass is 16.5. The van der Waals surface area contributed by atoms with Gasteiger partial charge in [0.1, 0.15) is 11.9 Å². The Bertz CT molecular complexity index is 565. The Balaban J connectivity index is 1.98. The molecular formula is C15H18N2O2. The lowest BCUT2D eigenvalue weighted by molar-refractivity contribution is 0.0258. The quantitative estimate of drug-likeness (QED) is 0.917. The number of nitrogens with zero attached hydrogens (tertiary/aromatic N) is 1. The lowest BCUT2D eigenvalue weighted by atomic mass is 10.1. The van der Waals surface area contributed by atoms with E-state index in [0.29, 0.717) is 6.54 Å². The van der Waals surface area contributed by atoms with Gasteiger partial charge in [-0.2, -0.15) is 0 Å². The van der Waals surface area contributed by atoms with Crippen molar-refractivity contribution in [2.75, 3.05) is 13.2 Å². The van der Waals surface area contributed by atoms with Crippen molar-refractivity contribution < 1.29 is 9.47 Å².